The van der Waals surface area contributed by atoms with Crippen LogP contribution < -0.4 is 29.6 Å². The van der Waals surface area contributed by atoms with Gasteiger partial charge in [-0.25, -0.2) is 17.2 Å². The first kappa shape index (κ1) is 16.2. The molecule has 0 aromatic heterocycles. The second-order valence-corrected chi connectivity index (χ2v) is 4.03. The molecule has 0 fully saturated rings. The maximum atomic E-state index is 11.5. The van der Waals surface area contributed by atoms with E-state index in [0.717, 1.165) is 0 Å². The van der Waals surface area contributed by atoms with Crippen molar-refractivity contribution in [2.75, 3.05) is 5.75 Å². The van der Waals surface area contributed by atoms with Crippen molar-refractivity contribution in [1.82, 2.24) is 0 Å². The van der Waals surface area contributed by atoms with Gasteiger partial charge in [-0.1, -0.05) is 6.42 Å². The Morgan fingerprint density at radius 1 is 1.15 bits per heavy atom. The first-order chi connectivity index (χ1) is 5.42. The molecule has 0 unspecified atom stereocenters. The van der Waals surface area contributed by atoms with Gasteiger partial charge in [-0.3, -0.25) is 0 Å². The van der Waals surface area contributed by atoms with Crippen molar-refractivity contribution in [3.05, 3.63) is 0 Å². The van der Waals surface area contributed by atoms with E-state index in [1.165, 1.54) is 0 Å². The van der Waals surface area contributed by atoms with Gasteiger partial charge < -0.3 is 4.55 Å². The minimum Gasteiger partial charge on any atom is -0.748 e. The van der Waals surface area contributed by atoms with Crippen LogP contribution in [0.1, 0.15) is 25.7 Å². The number of alkyl halides is 2. The topological polar surface area (TPSA) is 57.2 Å². The van der Waals surface area contributed by atoms with E-state index >= 15 is 0 Å². The SMILES string of the molecule is O=S(=O)([O-])CCCCCC(F)F.[Na+]. The molecule has 0 radical (unpaired) electrons. The Bertz CT molecular complexity index is 206. The zero-order valence-corrected chi connectivity index (χ0v) is 10.3. The molecular formula is C6H11F2NaO3S. The van der Waals surface area contributed by atoms with Gasteiger partial charge in [0, 0.05) is 12.2 Å². The Labute approximate surface area is 98.9 Å². The van der Waals surface area contributed by atoms with E-state index in [1.54, 1.807) is 0 Å². The zero-order chi connectivity index (χ0) is 9.61. The molecule has 0 N–H and O–H groups in total. The maximum absolute atomic E-state index is 11.5. The smallest absolute Gasteiger partial charge is 0.748 e. The second-order valence-electron chi connectivity index (χ2n) is 2.50. The number of unbranched alkanes of at least 4 members (excludes halogenated alkanes) is 2. The molecule has 0 heterocycles. The van der Waals surface area contributed by atoms with Gasteiger partial charge in [-0.2, -0.15) is 0 Å². The largest absolute Gasteiger partial charge is 1.00 e. The van der Waals surface area contributed by atoms with Gasteiger partial charge in [0.1, 0.15) is 0 Å². The number of halogens is 2. The maximum Gasteiger partial charge on any atom is 1.00 e. The minimum absolute atomic E-state index is 0. The van der Waals surface area contributed by atoms with E-state index in [0.29, 0.717) is 6.42 Å². The van der Waals surface area contributed by atoms with Crippen molar-refractivity contribution in [2.24, 2.45) is 0 Å². The van der Waals surface area contributed by atoms with Crippen LogP contribution in [-0.2, 0) is 10.1 Å². The summed E-state index contributed by atoms with van der Waals surface area (Å²) in [6, 6.07) is 0. The van der Waals surface area contributed by atoms with Crippen molar-refractivity contribution in [3.63, 3.8) is 0 Å². The van der Waals surface area contributed by atoms with E-state index in [2.05, 4.69) is 0 Å². The zero-order valence-electron chi connectivity index (χ0n) is 7.50. The molecule has 0 saturated carbocycles. The van der Waals surface area contributed by atoms with Crippen LogP contribution in [0.25, 0.3) is 0 Å². The van der Waals surface area contributed by atoms with Gasteiger partial charge in [0.2, 0.25) is 6.43 Å². The van der Waals surface area contributed by atoms with Crippen LogP contribution in [-0.4, -0.2) is 25.1 Å². The molecule has 0 amide bonds. The van der Waals surface area contributed by atoms with Gasteiger partial charge in [-0.15, -0.1) is 0 Å². The van der Waals surface area contributed by atoms with E-state index in [1.807, 2.05) is 0 Å². The predicted molar refractivity (Wildman–Crippen MR) is 39.0 cm³/mol. The van der Waals surface area contributed by atoms with Crippen molar-refractivity contribution in [2.45, 2.75) is 32.1 Å². The Balaban J connectivity index is 0. The van der Waals surface area contributed by atoms with Gasteiger partial charge in [0.15, 0.2) is 0 Å². The number of hydrogen-bond donors (Lipinski definition) is 0. The van der Waals surface area contributed by atoms with Crippen LogP contribution in [0.3, 0.4) is 0 Å². The molecule has 13 heavy (non-hydrogen) atoms. The molecule has 7 heteroatoms. The average molecular weight is 224 g/mol. The predicted octanol–water partition coefficient (Wildman–Crippen LogP) is -1.64. The summed E-state index contributed by atoms with van der Waals surface area (Å²) in [5.41, 5.74) is 0. The molecule has 3 nitrogen and oxygen atoms in total. The van der Waals surface area contributed by atoms with Gasteiger partial charge >= 0.3 is 29.6 Å². The molecule has 74 valence electrons. The van der Waals surface area contributed by atoms with Crippen molar-refractivity contribution in [1.29, 1.82) is 0 Å². The van der Waals surface area contributed by atoms with Gasteiger partial charge in [0.05, 0.1) is 10.1 Å². The molecule has 0 atom stereocenters. The normalized spacial score (nSPS) is 11.4. The van der Waals surface area contributed by atoms with Crippen molar-refractivity contribution >= 4 is 10.1 Å². The molecule has 0 spiro atoms. The van der Waals surface area contributed by atoms with E-state index < -0.39 is 22.3 Å². The molecule has 0 rings (SSSR count). The number of hydrogen-bond acceptors (Lipinski definition) is 3. The minimum atomic E-state index is -4.16. The van der Waals surface area contributed by atoms with E-state index in [-0.39, 0.29) is 48.8 Å². The fourth-order valence-electron chi connectivity index (χ4n) is 0.754. The molecule has 0 aromatic carbocycles. The van der Waals surface area contributed by atoms with Crippen LogP contribution in [0.2, 0.25) is 0 Å². The van der Waals surface area contributed by atoms with Crippen LogP contribution in [0, 0.1) is 0 Å². The summed E-state index contributed by atoms with van der Waals surface area (Å²) in [5, 5.41) is 0. The standard InChI is InChI=1S/C6H12F2O3S.Na/c7-6(8)4-2-1-3-5-12(9,10)11;/h6H,1-5H2,(H,9,10,11);/q;+1/p-1. The third kappa shape index (κ3) is 15.5. The van der Waals surface area contributed by atoms with E-state index in [4.69, 9.17) is 0 Å². The average Bonchev–Trinajstić information content (AvgIpc) is 1.83. The Kier molecular flexibility index (Phi) is 10.1. The van der Waals surface area contributed by atoms with E-state index in [9.17, 15) is 21.8 Å². The fraction of sp³-hybridized carbons (Fsp3) is 1.00. The first-order valence-corrected chi connectivity index (χ1v) is 5.21. The summed E-state index contributed by atoms with van der Waals surface area (Å²) in [5.74, 6) is -0.448. The van der Waals surface area contributed by atoms with Crippen LogP contribution in [0.5, 0.6) is 0 Å². The third-order valence-corrected chi connectivity index (χ3v) is 2.11. The van der Waals surface area contributed by atoms with Gasteiger partial charge in [-0.05, 0) is 12.8 Å². The van der Waals surface area contributed by atoms with Crippen molar-refractivity contribution in [3.8, 4) is 0 Å². The monoisotopic (exact) mass is 224 g/mol. The van der Waals surface area contributed by atoms with Crippen molar-refractivity contribution < 1.29 is 51.3 Å². The first-order valence-electron chi connectivity index (χ1n) is 3.63. The van der Waals surface area contributed by atoms with Crippen LogP contribution >= 0.6 is 0 Å². The second kappa shape index (κ2) is 8.11. The summed E-state index contributed by atoms with van der Waals surface area (Å²) in [4.78, 5) is 0. The molecule has 0 saturated heterocycles. The fourth-order valence-corrected chi connectivity index (χ4v) is 1.31. The number of rotatable bonds is 6. The molecule has 0 aromatic rings. The van der Waals surface area contributed by atoms with Crippen LogP contribution in [0.15, 0.2) is 0 Å². The quantitative estimate of drug-likeness (QED) is 0.309. The molecule has 0 aliphatic carbocycles. The summed E-state index contributed by atoms with van der Waals surface area (Å²) >= 11 is 0. The third-order valence-electron chi connectivity index (χ3n) is 1.32. The summed E-state index contributed by atoms with van der Waals surface area (Å²) in [6.45, 7) is 0. The molecule has 0 aliphatic heterocycles. The molecular weight excluding hydrogens is 213 g/mol. The summed E-state index contributed by atoms with van der Waals surface area (Å²) in [6.07, 6.45) is -1.75. The summed E-state index contributed by atoms with van der Waals surface area (Å²) in [7, 11) is -4.16. The Morgan fingerprint density at radius 3 is 2.08 bits per heavy atom. The van der Waals surface area contributed by atoms with Crippen LogP contribution in [0.4, 0.5) is 8.78 Å². The Hall–Kier alpha value is 0.770. The summed E-state index contributed by atoms with van der Waals surface area (Å²) < 4.78 is 53.1. The van der Waals surface area contributed by atoms with Gasteiger partial charge in [0.25, 0.3) is 0 Å². The Morgan fingerprint density at radius 2 is 1.69 bits per heavy atom. The molecule has 0 bridgehead atoms. The molecule has 0 aliphatic rings.